The average molecular weight is 382 g/mol. The van der Waals surface area contributed by atoms with Crippen molar-refractivity contribution in [2.75, 3.05) is 5.75 Å². The fraction of sp³-hybridized carbons (Fsp3) is 0.500. The lowest BCUT2D eigenvalue weighted by Crippen LogP contribution is -2.07. The number of hydrogen-bond donors (Lipinski definition) is 0. The maximum absolute atomic E-state index is 12.6. The molecule has 5 heteroatoms. The van der Waals surface area contributed by atoms with Crippen molar-refractivity contribution in [3.63, 3.8) is 0 Å². The molecule has 4 nitrogen and oxygen atoms in total. The molecule has 0 aliphatic heterocycles. The highest BCUT2D eigenvalue weighted by Crippen LogP contribution is 2.40. The smallest absolute Gasteiger partial charge is 0.191 e. The molecule has 0 bridgehead atoms. The lowest BCUT2D eigenvalue weighted by Gasteiger charge is -2.22. The lowest BCUT2D eigenvalue weighted by atomic mass is 9.84. The predicted octanol–water partition coefficient (Wildman–Crippen LogP) is 5.36. The van der Waals surface area contributed by atoms with E-state index in [-0.39, 0.29) is 5.78 Å². The fourth-order valence-corrected chi connectivity index (χ4v) is 4.79. The Kier molecular flexibility index (Phi) is 5.77. The van der Waals surface area contributed by atoms with Crippen LogP contribution in [0.3, 0.4) is 0 Å². The molecule has 1 aromatic carbocycles. The molecule has 2 aliphatic rings. The number of allylic oxidation sites excluding steroid dienone is 1. The number of hydrogen-bond acceptors (Lipinski definition) is 4. The van der Waals surface area contributed by atoms with Crippen LogP contribution in [0.25, 0.3) is 0 Å². The maximum Gasteiger partial charge on any atom is 0.191 e. The number of carbonyl (C=O) groups excluding carboxylic acids is 1. The first-order valence-corrected chi connectivity index (χ1v) is 11.0. The summed E-state index contributed by atoms with van der Waals surface area (Å²) in [4.78, 5) is 12.6. The van der Waals surface area contributed by atoms with Crippen LogP contribution in [0.1, 0.15) is 78.5 Å². The third-order valence-electron chi connectivity index (χ3n) is 5.64. The van der Waals surface area contributed by atoms with Gasteiger partial charge in [-0.25, -0.2) is 0 Å². The van der Waals surface area contributed by atoms with E-state index in [0.29, 0.717) is 24.1 Å². The molecule has 0 atom stereocenters. The van der Waals surface area contributed by atoms with Crippen LogP contribution in [0, 0.1) is 0 Å². The predicted molar refractivity (Wildman–Crippen MR) is 110 cm³/mol. The molecule has 0 radical (unpaired) electrons. The molecule has 2 aromatic rings. The van der Waals surface area contributed by atoms with Crippen LogP contribution >= 0.6 is 11.8 Å². The van der Waals surface area contributed by atoms with E-state index < -0.39 is 0 Å². The maximum atomic E-state index is 12.6. The summed E-state index contributed by atoms with van der Waals surface area (Å²) in [6, 6.07) is 8.30. The summed E-state index contributed by atoms with van der Waals surface area (Å²) in [5.41, 5.74) is 2.18. The molecule has 1 heterocycles. The van der Waals surface area contributed by atoms with Crippen LogP contribution in [0.2, 0.25) is 0 Å². The number of thioether (sulfide) groups is 1. The second-order valence-corrected chi connectivity index (χ2v) is 8.63. The van der Waals surface area contributed by atoms with Crippen LogP contribution in [-0.2, 0) is 6.54 Å². The van der Waals surface area contributed by atoms with Gasteiger partial charge in [-0.05, 0) is 37.2 Å². The summed E-state index contributed by atoms with van der Waals surface area (Å²) in [7, 11) is 0. The molecule has 0 unspecified atom stereocenters. The minimum absolute atomic E-state index is 0.149. The van der Waals surface area contributed by atoms with E-state index in [0.717, 1.165) is 16.5 Å². The van der Waals surface area contributed by atoms with Crippen molar-refractivity contribution in [2.24, 2.45) is 0 Å². The number of aromatic nitrogens is 3. The van der Waals surface area contributed by atoms with Crippen LogP contribution in [0.15, 0.2) is 42.1 Å². The number of Topliss-reactive ketones (excluding diaryl/α,β-unsaturated/α-hetero) is 1. The molecule has 1 aromatic heterocycles. The van der Waals surface area contributed by atoms with Gasteiger partial charge in [-0.1, -0.05) is 61.4 Å². The van der Waals surface area contributed by atoms with Crippen LogP contribution in [-0.4, -0.2) is 26.3 Å². The molecular weight excluding hydrogens is 354 g/mol. The zero-order chi connectivity index (χ0) is 18.6. The summed E-state index contributed by atoms with van der Waals surface area (Å²) < 4.78 is 2.11. The first-order chi connectivity index (χ1) is 13.3. The van der Waals surface area contributed by atoms with Gasteiger partial charge in [0.15, 0.2) is 10.9 Å². The standard InChI is InChI=1S/C22H27N3OS/c1-2-14-25-21(19-12-13-19)23-24-22(25)27-15-20(26)18-10-8-17(9-11-18)16-6-4-3-5-7-16/h2,8-11,16,19H,1,3-7,12-15H2. The summed E-state index contributed by atoms with van der Waals surface area (Å²) in [6.45, 7) is 4.53. The third-order valence-corrected chi connectivity index (χ3v) is 6.61. The van der Waals surface area contributed by atoms with E-state index in [1.165, 1.54) is 62.3 Å². The highest BCUT2D eigenvalue weighted by atomic mass is 32.2. The van der Waals surface area contributed by atoms with Crippen LogP contribution < -0.4 is 0 Å². The monoisotopic (exact) mass is 381 g/mol. The van der Waals surface area contributed by atoms with Gasteiger partial charge < -0.3 is 4.57 Å². The molecule has 27 heavy (non-hydrogen) atoms. The van der Waals surface area contributed by atoms with Crippen LogP contribution in [0.4, 0.5) is 0 Å². The fourth-order valence-electron chi connectivity index (χ4n) is 3.94. The first kappa shape index (κ1) is 18.5. The molecule has 2 saturated carbocycles. The lowest BCUT2D eigenvalue weighted by molar-refractivity contribution is 0.102. The SMILES string of the molecule is C=CCn1c(SCC(=O)c2ccc(C3CCCCC3)cc2)nnc1C1CC1. The number of nitrogens with zero attached hydrogens (tertiary/aromatic N) is 3. The van der Waals surface area contributed by atoms with Crippen molar-refractivity contribution >= 4 is 17.5 Å². The number of benzene rings is 1. The van der Waals surface area contributed by atoms with Crippen LogP contribution in [0.5, 0.6) is 0 Å². The summed E-state index contributed by atoms with van der Waals surface area (Å²) >= 11 is 1.48. The Bertz CT molecular complexity index is 801. The largest absolute Gasteiger partial charge is 0.302 e. The molecule has 0 amide bonds. The van der Waals surface area contributed by atoms with E-state index in [2.05, 4.69) is 33.5 Å². The number of carbonyl (C=O) groups is 1. The highest BCUT2D eigenvalue weighted by molar-refractivity contribution is 7.99. The second-order valence-electron chi connectivity index (χ2n) is 7.68. The van der Waals surface area contributed by atoms with Gasteiger partial charge in [0.2, 0.25) is 0 Å². The number of rotatable bonds is 8. The Hall–Kier alpha value is -1.88. The van der Waals surface area contributed by atoms with Gasteiger partial charge in [0, 0.05) is 18.0 Å². The van der Waals surface area contributed by atoms with Gasteiger partial charge >= 0.3 is 0 Å². The molecule has 2 aliphatic carbocycles. The Morgan fingerprint density at radius 2 is 1.81 bits per heavy atom. The Balaban J connectivity index is 1.38. The van der Waals surface area contributed by atoms with Crippen molar-refractivity contribution in [3.8, 4) is 0 Å². The van der Waals surface area contributed by atoms with Crippen molar-refractivity contribution in [1.82, 2.24) is 14.8 Å². The van der Waals surface area contributed by atoms with Gasteiger partial charge in [-0.2, -0.15) is 0 Å². The van der Waals surface area contributed by atoms with E-state index in [1.54, 1.807) is 0 Å². The normalized spacial score (nSPS) is 17.8. The molecule has 0 N–H and O–H groups in total. The minimum atomic E-state index is 0.149. The van der Waals surface area contributed by atoms with Crippen molar-refractivity contribution in [2.45, 2.75) is 68.5 Å². The van der Waals surface area contributed by atoms with Gasteiger partial charge in [-0.3, -0.25) is 4.79 Å². The van der Waals surface area contributed by atoms with E-state index >= 15 is 0 Å². The van der Waals surface area contributed by atoms with E-state index in [1.807, 2.05) is 18.2 Å². The second kappa shape index (κ2) is 8.42. The van der Waals surface area contributed by atoms with Crippen molar-refractivity contribution in [1.29, 1.82) is 0 Å². The first-order valence-electron chi connectivity index (χ1n) is 10.1. The van der Waals surface area contributed by atoms with E-state index in [4.69, 9.17) is 0 Å². The molecule has 2 fully saturated rings. The topological polar surface area (TPSA) is 47.8 Å². The molecule has 142 valence electrons. The Morgan fingerprint density at radius 1 is 1.07 bits per heavy atom. The van der Waals surface area contributed by atoms with Crippen molar-refractivity contribution in [3.05, 3.63) is 53.9 Å². The highest BCUT2D eigenvalue weighted by Gasteiger charge is 2.30. The van der Waals surface area contributed by atoms with Gasteiger partial charge in [0.1, 0.15) is 5.82 Å². The quantitative estimate of drug-likeness (QED) is 0.351. The Morgan fingerprint density at radius 3 is 2.48 bits per heavy atom. The Labute approximate surface area is 165 Å². The number of ketones is 1. The minimum Gasteiger partial charge on any atom is -0.302 e. The van der Waals surface area contributed by atoms with E-state index in [9.17, 15) is 4.79 Å². The van der Waals surface area contributed by atoms with Gasteiger partial charge in [-0.15, -0.1) is 16.8 Å². The molecular formula is C22H27N3OS. The molecule has 0 spiro atoms. The average Bonchev–Trinajstić information content (AvgIpc) is 3.49. The third kappa shape index (κ3) is 4.34. The van der Waals surface area contributed by atoms with Gasteiger partial charge in [0.25, 0.3) is 0 Å². The molecule has 0 saturated heterocycles. The zero-order valence-electron chi connectivity index (χ0n) is 15.8. The zero-order valence-corrected chi connectivity index (χ0v) is 16.6. The molecule has 4 rings (SSSR count). The van der Waals surface area contributed by atoms with Gasteiger partial charge in [0.05, 0.1) is 5.75 Å². The summed E-state index contributed by atoms with van der Waals surface area (Å²) in [5, 5.41) is 9.48. The summed E-state index contributed by atoms with van der Waals surface area (Å²) in [6.07, 6.45) is 10.8. The summed E-state index contributed by atoms with van der Waals surface area (Å²) in [5.74, 6) is 2.80. The van der Waals surface area contributed by atoms with Crippen molar-refractivity contribution < 1.29 is 4.79 Å².